The molecule has 0 bridgehead atoms. The van der Waals surface area contributed by atoms with Crippen molar-refractivity contribution in [1.29, 1.82) is 0 Å². The SMILES string of the molecule is CC(C)C[C@H](NCc1cnc(N(C)C)nc1)C(=O)O. The zero-order valence-corrected chi connectivity index (χ0v) is 11.9. The summed E-state index contributed by atoms with van der Waals surface area (Å²) in [6, 6.07) is -0.534. The lowest BCUT2D eigenvalue weighted by Crippen LogP contribution is -2.37. The Morgan fingerprint density at radius 2 is 1.95 bits per heavy atom. The largest absolute Gasteiger partial charge is 0.480 e. The molecule has 6 heteroatoms. The Morgan fingerprint density at radius 3 is 2.37 bits per heavy atom. The van der Waals surface area contributed by atoms with Gasteiger partial charge in [-0.2, -0.15) is 0 Å². The number of carboxylic acids is 1. The van der Waals surface area contributed by atoms with Crippen molar-refractivity contribution in [3.63, 3.8) is 0 Å². The average Bonchev–Trinajstić information content (AvgIpc) is 2.34. The molecule has 0 amide bonds. The number of carbonyl (C=O) groups is 1. The summed E-state index contributed by atoms with van der Waals surface area (Å²) in [5, 5.41) is 12.1. The summed E-state index contributed by atoms with van der Waals surface area (Å²) in [6.45, 7) is 4.47. The molecule has 0 aromatic carbocycles. The Morgan fingerprint density at radius 1 is 1.37 bits per heavy atom. The number of aliphatic carboxylic acids is 1. The molecule has 0 radical (unpaired) electrons. The van der Waals surface area contributed by atoms with Crippen LogP contribution in [0.2, 0.25) is 0 Å². The fraction of sp³-hybridized carbons (Fsp3) is 0.615. The van der Waals surface area contributed by atoms with Crippen LogP contribution in [0.3, 0.4) is 0 Å². The van der Waals surface area contributed by atoms with Gasteiger partial charge < -0.3 is 15.3 Å². The van der Waals surface area contributed by atoms with Gasteiger partial charge in [0.15, 0.2) is 0 Å². The van der Waals surface area contributed by atoms with E-state index in [1.54, 1.807) is 12.4 Å². The maximum absolute atomic E-state index is 11.1. The van der Waals surface area contributed by atoms with Crippen LogP contribution in [0.25, 0.3) is 0 Å². The molecular weight excluding hydrogens is 244 g/mol. The van der Waals surface area contributed by atoms with E-state index in [4.69, 9.17) is 5.11 Å². The Hall–Kier alpha value is -1.69. The van der Waals surface area contributed by atoms with Gasteiger partial charge >= 0.3 is 5.97 Å². The normalized spacial score (nSPS) is 12.5. The third-order valence-corrected chi connectivity index (χ3v) is 2.65. The van der Waals surface area contributed by atoms with Crippen LogP contribution in [0.1, 0.15) is 25.8 Å². The molecule has 1 rings (SSSR count). The maximum atomic E-state index is 11.1. The Kier molecular flexibility index (Phi) is 5.69. The lowest BCUT2D eigenvalue weighted by Gasteiger charge is -2.16. The first-order valence-corrected chi connectivity index (χ1v) is 6.34. The smallest absolute Gasteiger partial charge is 0.320 e. The second-order valence-corrected chi connectivity index (χ2v) is 5.19. The molecule has 106 valence electrons. The van der Waals surface area contributed by atoms with Gasteiger partial charge in [0.2, 0.25) is 5.95 Å². The highest BCUT2D eigenvalue weighted by atomic mass is 16.4. The van der Waals surface area contributed by atoms with Crippen LogP contribution in [0.15, 0.2) is 12.4 Å². The van der Waals surface area contributed by atoms with Crippen LogP contribution in [0, 0.1) is 5.92 Å². The fourth-order valence-corrected chi connectivity index (χ4v) is 1.65. The van der Waals surface area contributed by atoms with Crippen molar-refractivity contribution >= 4 is 11.9 Å². The van der Waals surface area contributed by atoms with Crippen LogP contribution in [-0.2, 0) is 11.3 Å². The molecule has 1 aromatic rings. The second kappa shape index (κ2) is 7.04. The summed E-state index contributed by atoms with van der Waals surface area (Å²) in [4.78, 5) is 21.3. The molecular formula is C13H22N4O2. The number of nitrogens with zero attached hydrogens (tertiary/aromatic N) is 3. The predicted octanol–water partition coefficient (Wildman–Crippen LogP) is 1.13. The maximum Gasteiger partial charge on any atom is 0.320 e. The number of hydrogen-bond acceptors (Lipinski definition) is 5. The van der Waals surface area contributed by atoms with Crippen molar-refractivity contribution < 1.29 is 9.90 Å². The molecule has 0 aliphatic rings. The van der Waals surface area contributed by atoms with Crippen LogP contribution in [-0.4, -0.2) is 41.2 Å². The van der Waals surface area contributed by atoms with Gasteiger partial charge in [-0.3, -0.25) is 4.79 Å². The lowest BCUT2D eigenvalue weighted by atomic mass is 10.0. The van der Waals surface area contributed by atoms with Crippen molar-refractivity contribution in [2.45, 2.75) is 32.9 Å². The highest BCUT2D eigenvalue weighted by Crippen LogP contribution is 2.07. The molecule has 1 atom stereocenters. The van der Waals surface area contributed by atoms with E-state index in [1.165, 1.54) is 0 Å². The van der Waals surface area contributed by atoms with Crippen molar-refractivity contribution in [3.8, 4) is 0 Å². The van der Waals surface area contributed by atoms with E-state index in [0.29, 0.717) is 24.8 Å². The third kappa shape index (κ3) is 5.21. The van der Waals surface area contributed by atoms with E-state index in [2.05, 4.69) is 15.3 Å². The zero-order chi connectivity index (χ0) is 14.4. The van der Waals surface area contributed by atoms with Gasteiger partial charge in [-0.25, -0.2) is 9.97 Å². The Bertz CT molecular complexity index is 404. The van der Waals surface area contributed by atoms with Gasteiger partial charge in [0.05, 0.1) is 0 Å². The highest BCUT2D eigenvalue weighted by molar-refractivity contribution is 5.73. The first-order chi connectivity index (χ1) is 8.90. The molecule has 0 spiro atoms. The fourth-order valence-electron chi connectivity index (χ4n) is 1.65. The van der Waals surface area contributed by atoms with Gasteiger partial charge in [0.1, 0.15) is 6.04 Å². The highest BCUT2D eigenvalue weighted by Gasteiger charge is 2.18. The Balaban J connectivity index is 2.56. The number of hydrogen-bond donors (Lipinski definition) is 2. The summed E-state index contributed by atoms with van der Waals surface area (Å²) >= 11 is 0. The quantitative estimate of drug-likeness (QED) is 0.770. The molecule has 0 aliphatic carbocycles. The molecule has 6 nitrogen and oxygen atoms in total. The zero-order valence-electron chi connectivity index (χ0n) is 11.9. The van der Waals surface area contributed by atoms with Crippen LogP contribution in [0.4, 0.5) is 5.95 Å². The summed E-state index contributed by atoms with van der Waals surface area (Å²) in [5.74, 6) is 0.154. The van der Waals surface area contributed by atoms with Crippen molar-refractivity contribution in [1.82, 2.24) is 15.3 Å². The second-order valence-electron chi connectivity index (χ2n) is 5.19. The molecule has 0 saturated heterocycles. The van der Waals surface area contributed by atoms with Crippen LogP contribution in [0.5, 0.6) is 0 Å². The van der Waals surface area contributed by atoms with Gasteiger partial charge in [-0.1, -0.05) is 13.8 Å². The minimum absolute atomic E-state index is 0.334. The van der Waals surface area contributed by atoms with Gasteiger partial charge in [0, 0.05) is 38.6 Å². The topological polar surface area (TPSA) is 78.4 Å². The molecule has 0 fully saturated rings. The van der Waals surface area contributed by atoms with E-state index < -0.39 is 12.0 Å². The summed E-state index contributed by atoms with van der Waals surface area (Å²) < 4.78 is 0. The predicted molar refractivity (Wildman–Crippen MR) is 74.1 cm³/mol. The number of nitrogens with one attached hydrogen (secondary N) is 1. The number of anilines is 1. The number of rotatable bonds is 7. The van der Waals surface area contributed by atoms with Gasteiger partial charge in [-0.15, -0.1) is 0 Å². The minimum atomic E-state index is -0.820. The summed E-state index contributed by atoms with van der Waals surface area (Å²) in [6.07, 6.45) is 4.03. The van der Waals surface area contributed by atoms with E-state index in [-0.39, 0.29) is 0 Å². The molecule has 1 heterocycles. The summed E-state index contributed by atoms with van der Waals surface area (Å²) in [7, 11) is 3.74. The molecule has 1 aromatic heterocycles. The van der Waals surface area contributed by atoms with Crippen molar-refractivity contribution in [2.24, 2.45) is 5.92 Å². The molecule has 19 heavy (non-hydrogen) atoms. The average molecular weight is 266 g/mol. The monoisotopic (exact) mass is 266 g/mol. The van der Waals surface area contributed by atoms with Gasteiger partial charge in [0.25, 0.3) is 0 Å². The van der Waals surface area contributed by atoms with Crippen LogP contribution >= 0.6 is 0 Å². The van der Waals surface area contributed by atoms with Gasteiger partial charge in [-0.05, 0) is 12.3 Å². The lowest BCUT2D eigenvalue weighted by molar-refractivity contribution is -0.140. The summed E-state index contributed by atoms with van der Waals surface area (Å²) in [5.41, 5.74) is 0.876. The van der Waals surface area contributed by atoms with E-state index in [0.717, 1.165) is 5.56 Å². The standard InChI is InChI=1S/C13H22N4O2/c1-9(2)5-11(12(18)19)14-6-10-7-15-13(16-8-10)17(3)4/h7-9,11,14H,5-6H2,1-4H3,(H,18,19)/t11-/m0/s1. The van der Waals surface area contributed by atoms with E-state index in [9.17, 15) is 4.79 Å². The first-order valence-electron chi connectivity index (χ1n) is 6.34. The van der Waals surface area contributed by atoms with Crippen molar-refractivity contribution in [3.05, 3.63) is 18.0 Å². The number of carboxylic acid groups (broad SMARTS) is 1. The minimum Gasteiger partial charge on any atom is -0.480 e. The number of aromatic nitrogens is 2. The third-order valence-electron chi connectivity index (χ3n) is 2.65. The van der Waals surface area contributed by atoms with E-state index >= 15 is 0 Å². The Labute approximate surface area is 113 Å². The van der Waals surface area contributed by atoms with Crippen molar-refractivity contribution in [2.75, 3.05) is 19.0 Å². The molecule has 2 N–H and O–H groups in total. The molecule has 0 unspecified atom stereocenters. The molecule has 0 saturated carbocycles. The van der Waals surface area contributed by atoms with Crippen LogP contribution < -0.4 is 10.2 Å². The molecule has 0 aliphatic heterocycles. The first kappa shape index (κ1) is 15.4. The van der Waals surface area contributed by atoms with E-state index in [1.807, 2.05) is 32.8 Å².